The van der Waals surface area contributed by atoms with Gasteiger partial charge in [0.1, 0.15) is 6.04 Å². The zero-order valence-electron chi connectivity index (χ0n) is 20.3. The number of hydrogen-bond donors (Lipinski definition) is 1. The maximum absolute atomic E-state index is 13.8. The monoisotopic (exact) mass is 510 g/mol. The zero-order chi connectivity index (χ0) is 25.2. The molecule has 4 nitrogen and oxygen atoms in total. The number of rotatable bonds is 11. The summed E-state index contributed by atoms with van der Waals surface area (Å²) in [6.07, 6.45) is 2.27. The van der Waals surface area contributed by atoms with Crippen LogP contribution in [0.1, 0.15) is 42.0 Å². The number of carbonyl (C=O) groups excluding carboxylic acids is 2. The fourth-order valence-corrected chi connectivity index (χ4v) is 4.44. The maximum atomic E-state index is 13.8. The van der Waals surface area contributed by atoms with Crippen molar-refractivity contribution in [3.8, 4) is 0 Å². The van der Waals surface area contributed by atoms with E-state index in [4.69, 9.17) is 23.2 Å². The molecule has 0 aliphatic carbocycles. The third-order valence-corrected chi connectivity index (χ3v) is 6.67. The molecule has 1 N–H and O–H groups in total. The Balaban J connectivity index is 1.97. The summed E-state index contributed by atoms with van der Waals surface area (Å²) in [5.74, 6) is -0.361. The van der Waals surface area contributed by atoms with Crippen molar-refractivity contribution in [3.05, 3.63) is 105 Å². The molecule has 3 rings (SSSR count). The summed E-state index contributed by atoms with van der Waals surface area (Å²) < 4.78 is 0. The van der Waals surface area contributed by atoms with Gasteiger partial charge in [0.2, 0.25) is 11.8 Å². The largest absolute Gasteiger partial charge is 0.354 e. The number of nitrogens with one attached hydrogen (secondary N) is 1. The molecule has 0 fully saturated rings. The quantitative estimate of drug-likeness (QED) is 0.303. The Hall–Kier alpha value is -2.82. The van der Waals surface area contributed by atoms with Gasteiger partial charge in [-0.05, 0) is 42.2 Å². The number of hydrogen-bond acceptors (Lipinski definition) is 2. The molecule has 1 atom stereocenters. The molecule has 0 saturated heterocycles. The normalized spacial score (nSPS) is 11.7. The lowest BCUT2D eigenvalue weighted by molar-refractivity contribution is -0.140. The number of amides is 2. The SMILES string of the molecule is CCCCNC(=O)[C@H](Cc1ccccc1)N(Cc1ccc(C)cc1)C(=O)Cc1c(Cl)cccc1Cl. The standard InChI is InChI=1S/C29H32Cl2N2O2/c1-3-4-17-32-29(35)27(18-22-9-6-5-7-10-22)33(20-23-15-13-21(2)14-16-23)28(34)19-24-25(30)11-8-12-26(24)31/h5-16,27H,3-4,17-20H2,1-2H3,(H,32,35)/t27-/m0/s1. The molecule has 0 heterocycles. The smallest absolute Gasteiger partial charge is 0.243 e. The molecule has 3 aromatic carbocycles. The first-order chi connectivity index (χ1) is 16.9. The lowest BCUT2D eigenvalue weighted by Gasteiger charge is -2.32. The summed E-state index contributed by atoms with van der Waals surface area (Å²) in [5, 5.41) is 3.91. The summed E-state index contributed by atoms with van der Waals surface area (Å²) in [6, 6.07) is 22.3. The molecular formula is C29H32Cl2N2O2. The van der Waals surface area contributed by atoms with Gasteiger partial charge < -0.3 is 10.2 Å². The topological polar surface area (TPSA) is 49.4 Å². The van der Waals surface area contributed by atoms with Gasteiger partial charge in [0.15, 0.2) is 0 Å². The van der Waals surface area contributed by atoms with Crippen LogP contribution in [-0.4, -0.2) is 29.3 Å². The van der Waals surface area contributed by atoms with Crippen molar-refractivity contribution in [1.29, 1.82) is 0 Å². The van der Waals surface area contributed by atoms with Gasteiger partial charge in [0.05, 0.1) is 6.42 Å². The van der Waals surface area contributed by atoms with Crippen LogP contribution in [-0.2, 0) is 29.0 Å². The minimum Gasteiger partial charge on any atom is -0.354 e. The third kappa shape index (κ3) is 7.84. The van der Waals surface area contributed by atoms with Gasteiger partial charge in [-0.15, -0.1) is 0 Å². The average molecular weight is 511 g/mol. The molecule has 184 valence electrons. The predicted octanol–water partition coefficient (Wildman–Crippen LogP) is 6.40. The van der Waals surface area contributed by atoms with E-state index in [-0.39, 0.29) is 18.2 Å². The Morgan fingerprint density at radius 1 is 0.886 bits per heavy atom. The van der Waals surface area contributed by atoms with Gasteiger partial charge >= 0.3 is 0 Å². The molecule has 0 spiro atoms. The van der Waals surface area contributed by atoms with Crippen LogP contribution in [0.25, 0.3) is 0 Å². The number of aryl methyl sites for hydroxylation is 1. The zero-order valence-corrected chi connectivity index (χ0v) is 21.8. The van der Waals surface area contributed by atoms with E-state index in [9.17, 15) is 9.59 Å². The second-order valence-electron chi connectivity index (χ2n) is 8.73. The Bertz CT molecular complexity index is 1100. The lowest BCUT2D eigenvalue weighted by Crippen LogP contribution is -2.51. The van der Waals surface area contributed by atoms with Gasteiger partial charge in [-0.2, -0.15) is 0 Å². The number of unbranched alkanes of at least 4 members (excludes halogenated alkanes) is 1. The molecule has 0 bridgehead atoms. The third-order valence-electron chi connectivity index (χ3n) is 5.96. The Kier molecular flexibility index (Phi) is 10.2. The van der Waals surface area contributed by atoms with E-state index in [1.165, 1.54) is 0 Å². The Morgan fingerprint density at radius 2 is 1.54 bits per heavy atom. The van der Waals surface area contributed by atoms with Gasteiger partial charge in [-0.3, -0.25) is 9.59 Å². The number of carbonyl (C=O) groups is 2. The van der Waals surface area contributed by atoms with Crippen LogP contribution in [0.5, 0.6) is 0 Å². The summed E-state index contributed by atoms with van der Waals surface area (Å²) in [6.45, 7) is 4.98. The van der Waals surface area contributed by atoms with Crippen molar-refractivity contribution in [3.63, 3.8) is 0 Å². The number of halogens is 2. The Morgan fingerprint density at radius 3 is 2.17 bits per heavy atom. The molecular weight excluding hydrogens is 479 g/mol. The number of benzene rings is 3. The van der Waals surface area contributed by atoms with Crippen LogP contribution in [0.3, 0.4) is 0 Å². The van der Waals surface area contributed by atoms with Crippen LogP contribution < -0.4 is 5.32 Å². The highest BCUT2D eigenvalue weighted by atomic mass is 35.5. The van der Waals surface area contributed by atoms with E-state index >= 15 is 0 Å². The highest BCUT2D eigenvalue weighted by molar-refractivity contribution is 6.36. The molecule has 0 radical (unpaired) electrons. The van der Waals surface area contributed by atoms with Crippen LogP contribution in [0.4, 0.5) is 0 Å². The highest BCUT2D eigenvalue weighted by Gasteiger charge is 2.31. The fraction of sp³-hybridized carbons (Fsp3) is 0.310. The summed E-state index contributed by atoms with van der Waals surface area (Å²) in [5.41, 5.74) is 3.64. The van der Waals surface area contributed by atoms with E-state index in [0.717, 1.165) is 29.5 Å². The second-order valence-corrected chi connectivity index (χ2v) is 9.55. The van der Waals surface area contributed by atoms with Crippen molar-refractivity contribution in [1.82, 2.24) is 10.2 Å². The van der Waals surface area contributed by atoms with Crippen molar-refractivity contribution in [2.24, 2.45) is 0 Å². The van der Waals surface area contributed by atoms with E-state index < -0.39 is 6.04 Å². The number of nitrogens with zero attached hydrogens (tertiary/aromatic N) is 1. The molecule has 0 saturated carbocycles. The van der Waals surface area contributed by atoms with E-state index in [1.54, 1.807) is 23.1 Å². The van der Waals surface area contributed by atoms with Crippen LogP contribution in [0.2, 0.25) is 10.0 Å². The average Bonchev–Trinajstić information content (AvgIpc) is 2.85. The lowest BCUT2D eigenvalue weighted by atomic mass is 10.0. The summed E-state index contributed by atoms with van der Waals surface area (Å²) >= 11 is 12.8. The molecule has 2 amide bonds. The summed E-state index contributed by atoms with van der Waals surface area (Å²) in [4.78, 5) is 28.9. The maximum Gasteiger partial charge on any atom is 0.243 e. The molecule has 3 aromatic rings. The van der Waals surface area contributed by atoms with Gasteiger partial charge in [0.25, 0.3) is 0 Å². The minimum absolute atomic E-state index is 0.0118. The molecule has 0 aliphatic rings. The van der Waals surface area contributed by atoms with E-state index in [1.807, 2.05) is 61.5 Å². The summed E-state index contributed by atoms with van der Waals surface area (Å²) in [7, 11) is 0. The first-order valence-electron chi connectivity index (χ1n) is 12.0. The van der Waals surface area contributed by atoms with Gasteiger partial charge in [-0.25, -0.2) is 0 Å². The highest BCUT2D eigenvalue weighted by Crippen LogP contribution is 2.26. The van der Waals surface area contributed by atoms with Crippen molar-refractivity contribution < 1.29 is 9.59 Å². The minimum atomic E-state index is -0.677. The molecule has 35 heavy (non-hydrogen) atoms. The van der Waals surface area contributed by atoms with Crippen LogP contribution in [0, 0.1) is 6.92 Å². The van der Waals surface area contributed by atoms with Crippen molar-refractivity contribution in [2.75, 3.05) is 6.54 Å². The first-order valence-corrected chi connectivity index (χ1v) is 12.7. The van der Waals surface area contributed by atoms with E-state index in [0.29, 0.717) is 35.1 Å². The molecule has 0 unspecified atom stereocenters. The van der Waals surface area contributed by atoms with Gasteiger partial charge in [-0.1, -0.05) is 103 Å². The Labute approximate surface area is 218 Å². The molecule has 0 aliphatic heterocycles. The predicted molar refractivity (Wildman–Crippen MR) is 144 cm³/mol. The van der Waals surface area contributed by atoms with E-state index in [2.05, 4.69) is 12.2 Å². The van der Waals surface area contributed by atoms with Gasteiger partial charge in [0, 0.05) is 29.6 Å². The first kappa shape index (κ1) is 26.8. The second kappa shape index (κ2) is 13.3. The van der Waals surface area contributed by atoms with Crippen molar-refractivity contribution >= 4 is 35.0 Å². The molecule has 0 aromatic heterocycles. The fourth-order valence-electron chi connectivity index (χ4n) is 3.90. The van der Waals surface area contributed by atoms with Crippen LogP contribution >= 0.6 is 23.2 Å². The van der Waals surface area contributed by atoms with Crippen LogP contribution in [0.15, 0.2) is 72.8 Å². The van der Waals surface area contributed by atoms with Crippen molar-refractivity contribution in [2.45, 2.75) is 52.1 Å². The molecule has 6 heteroatoms.